The van der Waals surface area contributed by atoms with Crippen LogP contribution < -0.4 is 9.47 Å². The van der Waals surface area contributed by atoms with Gasteiger partial charge in [0.2, 0.25) is 5.91 Å². The zero-order valence-electron chi connectivity index (χ0n) is 19.1. The SMILES string of the molecule is CCCCn1c(SCC(=O)N(C)Cc2cccc(OC)c2)nnc1-c1ccc(OC)cc1. The molecule has 0 saturated carbocycles. The van der Waals surface area contributed by atoms with Gasteiger partial charge in [-0.3, -0.25) is 4.79 Å². The van der Waals surface area contributed by atoms with Crippen LogP contribution in [-0.4, -0.2) is 52.6 Å². The van der Waals surface area contributed by atoms with Crippen LogP contribution in [0.25, 0.3) is 11.4 Å². The Labute approximate surface area is 193 Å². The number of rotatable bonds is 11. The second-order valence-corrected chi connectivity index (χ2v) is 8.37. The van der Waals surface area contributed by atoms with Crippen LogP contribution in [0.2, 0.25) is 0 Å². The van der Waals surface area contributed by atoms with Gasteiger partial charge in [-0.1, -0.05) is 37.2 Å². The van der Waals surface area contributed by atoms with Gasteiger partial charge in [-0.2, -0.15) is 0 Å². The maximum absolute atomic E-state index is 12.8. The van der Waals surface area contributed by atoms with Gasteiger partial charge in [0.1, 0.15) is 11.5 Å². The van der Waals surface area contributed by atoms with E-state index in [-0.39, 0.29) is 5.91 Å². The van der Waals surface area contributed by atoms with E-state index < -0.39 is 0 Å². The molecule has 0 radical (unpaired) electrons. The van der Waals surface area contributed by atoms with E-state index in [0.29, 0.717) is 12.3 Å². The Bertz CT molecular complexity index is 1020. The Morgan fingerprint density at radius 3 is 2.50 bits per heavy atom. The van der Waals surface area contributed by atoms with Crippen LogP contribution in [0.5, 0.6) is 11.5 Å². The number of nitrogens with zero attached hydrogens (tertiary/aromatic N) is 4. The smallest absolute Gasteiger partial charge is 0.233 e. The molecule has 3 rings (SSSR count). The van der Waals surface area contributed by atoms with Gasteiger partial charge in [-0.05, 0) is 48.4 Å². The van der Waals surface area contributed by atoms with Gasteiger partial charge >= 0.3 is 0 Å². The van der Waals surface area contributed by atoms with Crippen LogP contribution in [0, 0.1) is 0 Å². The van der Waals surface area contributed by atoms with E-state index in [1.807, 2.05) is 55.6 Å². The van der Waals surface area contributed by atoms with Crippen LogP contribution in [0.3, 0.4) is 0 Å². The minimum atomic E-state index is 0.0360. The van der Waals surface area contributed by atoms with Crippen LogP contribution in [0.15, 0.2) is 53.7 Å². The third kappa shape index (κ3) is 6.03. The van der Waals surface area contributed by atoms with Gasteiger partial charge in [0.25, 0.3) is 0 Å². The molecule has 1 heterocycles. The van der Waals surface area contributed by atoms with Crippen molar-refractivity contribution in [2.45, 2.75) is 38.0 Å². The summed E-state index contributed by atoms with van der Waals surface area (Å²) in [7, 11) is 5.10. The molecule has 3 aromatic rings. The van der Waals surface area contributed by atoms with Gasteiger partial charge in [0.05, 0.1) is 20.0 Å². The number of benzene rings is 2. The third-order valence-electron chi connectivity index (χ3n) is 5.10. The van der Waals surface area contributed by atoms with Crippen molar-refractivity contribution in [2.75, 3.05) is 27.0 Å². The molecular formula is C24H30N4O3S. The first-order chi connectivity index (χ1) is 15.5. The number of aromatic nitrogens is 3. The van der Waals surface area contributed by atoms with Crippen molar-refractivity contribution < 1.29 is 14.3 Å². The van der Waals surface area contributed by atoms with E-state index in [0.717, 1.165) is 53.0 Å². The maximum atomic E-state index is 12.8. The fraction of sp³-hybridized carbons (Fsp3) is 0.375. The van der Waals surface area contributed by atoms with Gasteiger partial charge in [-0.15, -0.1) is 10.2 Å². The molecule has 0 aliphatic rings. The normalized spacial score (nSPS) is 10.8. The van der Waals surface area contributed by atoms with E-state index in [9.17, 15) is 4.79 Å². The molecule has 0 unspecified atom stereocenters. The molecule has 0 aliphatic heterocycles. The molecule has 0 spiro atoms. The lowest BCUT2D eigenvalue weighted by atomic mass is 10.2. The predicted molar refractivity (Wildman–Crippen MR) is 127 cm³/mol. The van der Waals surface area contributed by atoms with Gasteiger partial charge in [0.15, 0.2) is 11.0 Å². The monoisotopic (exact) mass is 454 g/mol. The molecule has 2 aromatic carbocycles. The molecule has 0 atom stereocenters. The maximum Gasteiger partial charge on any atom is 0.233 e. The minimum absolute atomic E-state index is 0.0360. The number of carbonyl (C=O) groups is 1. The second kappa shape index (κ2) is 11.6. The van der Waals surface area contributed by atoms with Gasteiger partial charge < -0.3 is 18.9 Å². The quantitative estimate of drug-likeness (QED) is 0.397. The Kier molecular flexibility index (Phi) is 8.56. The highest BCUT2D eigenvalue weighted by molar-refractivity contribution is 7.99. The number of methoxy groups -OCH3 is 2. The second-order valence-electron chi connectivity index (χ2n) is 7.43. The van der Waals surface area contributed by atoms with Crippen molar-refractivity contribution in [3.63, 3.8) is 0 Å². The first-order valence-corrected chi connectivity index (χ1v) is 11.6. The lowest BCUT2D eigenvalue weighted by Gasteiger charge is -2.17. The number of hydrogen-bond donors (Lipinski definition) is 0. The fourth-order valence-corrected chi connectivity index (χ4v) is 4.14. The van der Waals surface area contributed by atoms with E-state index in [4.69, 9.17) is 9.47 Å². The van der Waals surface area contributed by atoms with Crippen LogP contribution in [0.4, 0.5) is 0 Å². The minimum Gasteiger partial charge on any atom is -0.497 e. The average molecular weight is 455 g/mol. The number of amides is 1. The van der Waals surface area contributed by atoms with E-state index >= 15 is 0 Å². The summed E-state index contributed by atoms with van der Waals surface area (Å²) in [4.78, 5) is 14.5. The number of carbonyl (C=O) groups excluding carboxylic acids is 1. The molecule has 0 fully saturated rings. The van der Waals surface area contributed by atoms with Crippen molar-refractivity contribution in [3.05, 3.63) is 54.1 Å². The number of ether oxygens (including phenoxy) is 2. The highest BCUT2D eigenvalue weighted by atomic mass is 32.2. The lowest BCUT2D eigenvalue weighted by molar-refractivity contribution is -0.127. The predicted octanol–water partition coefficient (Wildman–Crippen LogP) is 4.51. The lowest BCUT2D eigenvalue weighted by Crippen LogP contribution is -2.27. The number of unbranched alkanes of at least 4 members (excludes halogenated alkanes) is 1. The standard InChI is InChI=1S/C24H30N4O3S/c1-5-6-14-28-23(19-10-12-20(30-3)13-11-19)25-26-24(28)32-17-22(29)27(2)16-18-8-7-9-21(15-18)31-4/h7-13,15H,5-6,14,16-17H2,1-4H3. The van der Waals surface area contributed by atoms with Crippen molar-refractivity contribution >= 4 is 17.7 Å². The van der Waals surface area contributed by atoms with E-state index in [1.54, 1.807) is 19.1 Å². The number of thioether (sulfide) groups is 1. The third-order valence-corrected chi connectivity index (χ3v) is 6.06. The first-order valence-electron chi connectivity index (χ1n) is 10.6. The molecule has 0 aliphatic carbocycles. The molecular weight excluding hydrogens is 424 g/mol. The largest absolute Gasteiger partial charge is 0.497 e. The fourth-order valence-electron chi connectivity index (χ4n) is 3.24. The first kappa shape index (κ1) is 23.7. The molecule has 0 saturated heterocycles. The van der Waals surface area contributed by atoms with Crippen molar-refractivity contribution in [1.82, 2.24) is 19.7 Å². The summed E-state index contributed by atoms with van der Waals surface area (Å²) in [6.45, 7) is 3.48. The zero-order chi connectivity index (χ0) is 22.9. The highest BCUT2D eigenvalue weighted by Crippen LogP contribution is 2.26. The molecule has 1 aromatic heterocycles. The van der Waals surface area contributed by atoms with Crippen molar-refractivity contribution in [1.29, 1.82) is 0 Å². The van der Waals surface area contributed by atoms with Crippen LogP contribution >= 0.6 is 11.8 Å². The molecule has 7 nitrogen and oxygen atoms in total. The zero-order valence-corrected chi connectivity index (χ0v) is 19.9. The van der Waals surface area contributed by atoms with Crippen molar-refractivity contribution in [2.24, 2.45) is 0 Å². The summed E-state index contributed by atoms with van der Waals surface area (Å²) in [5, 5.41) is 9.56. The molecule has 1 amide bonds. The Morgan fingerprint density at radius 1 is 1.06 bits per heavy atom. The molecule has 32 heavy (non-hydrogen) atoms. The van der Waals surface area contributed by atoms with Crippen LogP contribution in [0.1, 0.15) is 25.3 Å². The van der Waals surface area contributed by atoms with Crippen molar-refractivity contribution in [3.8, 4) is 22.9 Å². The summed E-state index contributed by atoms with van der Waals surface area (Å²) in [6.07, 6.45) is 2.07. The summed E-state index contributed by atoms with van der Waals surface area (Å²) < 4.78 is 12.6. The summed E-state index contributed by atoms with van der Waals surface area (Å²) in [5.74, 6) is 2.72. The molecule has 0 N–H and O–H groups in total. The summed E-state index contributed by atoms with van der Waals surface area (Å²) in [5.41, 5.74) is 2.00. The Morgan fingerprint density at radius 2 is 1.81 bits per heavy atom. The topological polar surface area (TPSA) is 69.5 Å². The van der Waals surface area contributed by atoms with Gasteiger partial charge in [0, 0.05) is 25.7 Å². The van der Waals surface area contributed by atoms with E-state index in [1.165, 1.54) is 11.8 Å². The van der Waals surface area contributed by atoms with E-state index in [2.05, 4.69) is 21.7 Å². The van der Waals surface area contributed by atoms with Crippen LogP contribution in [-0.2, 0) is 17.9 Å². The summed E-state index contributed by atoms with van der Waals surface area (Å²) in [6, 6.07) is 15.5. The highest BCUT2D eigenvalue weighted by Gasteiger charge is 2.17. The van der Waals surface area contributed by atoms with Gasteiger partial charge in [-0.25, -0.2) is 0 Å². The molecule has 8 heteroatoms. The Hall–Kier alpha value is -3.00. The average Bonchev–Trinajstić information content (AvgIpc) is 3.23. The Balaban J connectivity index is 1.68. The molecule has 170 valence electrons. The number of hydrogen-bond acceptors (Lipinski definition) is 6. The molecule has 0 bridgehead atoms. The summed E-state index contributed by atoms with van der Waals surface area (Å²) >= 11 is 1.42.